The highest BCUT2D eigenvalue weighted by atomic mass is 16.5. The van der Waals surface area contributed by atoms with E-state index in [2.05, 4.69) is 6.92 Å². The Morgan fingerprint density at radius 2 is 1.55 bits per heavy atom. The molecule has 0 saturated heterocycles. The highest BCUT2D eigenvalue weighted by Crippen LogP contribution is 2.15. The average Bonchev–Trinajstić information content (AvgIpc) is 2.55. The number of unbranched alkanes of at least 4 members (excludes halogenated alkanes) is 7. The maximum absolute atomic E-state index is 11.9. The Labute approximate surface area is 136 Å². The van der Waals surface area contributed by atoms with Gasteiger partial charge < -0.3 is 4.74 Å². The summed E-state index contributed by atoms with van der Waals surface area (Å²) in [6, 6.07) is 9.86. The van der Waals surface area contributed by atoms with Gasteiger partial charge in [-0.15, -0.1) is 0 Å². The van der Waals surface area contributed by atoms with Crippen molar-refractivity contribution in [2.75, 3.05) is 0 Å². The van der Waals surface area contributed by atoms with E-state index in [0.717, 1.165) is 18.4 Å². The Balaban J connectivity index is 2.02. The summed E-state index contributed by atoms with van der Waals surface area (Å²) >= 11 is 0. The normalized spacial score (nSPS) is 12.1. The van der Waals surface area contributed by atoms with E-state index in [4.69, 9.17) is 4.74 Å². The van der Waals surface area contributed by atoms with Crippen LogP contribution in [0.5, 0.6) is 0 Å². The van der Waals surface area contributed by atoms with E-state index in [-0.39, 0.29) is 11.9 Å². The molecular formula is C20H32O2. The third-order valence-electron chi connectivity index (χ3n) is 4.12. The lowest BCUT2D eigenvalue weighted by atomic mass is 10.0. The summed E-state index contributed by atoms with van der Waals surface area (Å²) in [6.45, 7) is 4.62. The van der Waals surface area contributed by atoms with Gasteiger partial charge >= 0.3 is 5.97 Å². The van der Waals surface area contributed by atoms with Crippen molar-refractivity contribution >= 4 is 5.97 Å². The largest absolute Gasteiger partial charge is 0.461 e. The first-order valence-corrected chi connectivity index (χ1v) is 8.94. The first-order valence-electron chi connectivity index (χ1n) is 8.94. The Bertz CT molecular complexity index is 386. The molecule has 2 heteroatoms. The summed E-state index contributed by atoms with van der Waals surface area (Å²) < 4.78 is 5.37. The lowest BCUT2D eigenvalue weighted by Gasteiger charge is -2.11. The van der Waals surface area contributed by atoms with Crippen molar-refractivity contribution in [2.45, 2.75) is 78.2 Å². The van der Waals surface area contributed by atoms with Crippen molar-refractivity contribution < 1.29 is 9.53 Å². The van der Waals surface area contributed by atoms with Gasteiger partial charge in [0.05, 0.1) is 5.92 Å². The summed E-state index contributed by atoms with van der Waals surface area (Å²) in [4.78, 5) is 11.9. The second-order valence-corrected chi connectivity index (χ2v) is 6.26. The monoisotopic (exact) mass is 304 g/mol. The van der Waals surface area contributed by atoms with E-state index in [1.807, 2.05) is 37.3 Å². The fraction of sp³-hybridized carbons (Fsp3) is 0.650. The highest BCUT2D eigenvalue weighted by molar-refractivity contribution is 5.71. The van der Waals surface area contributed by atoms with E-state index in [1.165, 1.54) is 44.9 Å². The van der Waals surface area contributed by atoms with Gasteiger partial charge in [0.1, 0.15) is 6.61 Å². The molecule has 22 heavy (non-hydrogen) atoms. The number of carbonyl (C=O) groups excluding carboxylic acids is 1. The Hall–Kier alpha value is -1.31. The van der Waals surface area contributed by atoms with E-state index < -0.39 is 0 Å². The average molecular weight is 304 g/mol. The van der Waals surface area contributed by atoms with Crippen LogP contribution in [0.3, 0.4) is 0 Å². The van der Waals surface area contributed by atoms with Gasteiger partial charge in [-0.1, -0.05) is 95.5 Å². The molecule has 0 amide bonds. The Kier molecular flexibility index (Phi) is 10.4. The molecule has 2 nitrogen and oxygen atoms in total. The molecule has 0 aliphatic rings. The predicted octanol–water partition coefficient (Wildman–Crippen LogP) is 5.90. The minimum absolute atomic E-state index is 0.0174. The van der Waals surface area contributed by atoms with Crippen LogP contribution in [-0.4, -0.2) is 5.97 Å². The van der Waals surface area contributed by atoms with Crippen LogP contribution in [0.1, 0.15) is 77.2 Å². The van der Waals surface area contributed by atoms with Crippen LogP contribution in [0.15, 0.2) is 30.3 Å². The molecule has 0 N–H and O–H groups in total. The van der Waals surface area contributed by atoms with Crippen LogP contribution >= 0.6 is 0 Å². The highest BCUT2D eigenvalue weighted by Gasteiger charge is 2.13. The molecule has 0 fully saturated rings. The van der Waals surface area contributed by atoms with Gasteiger partial charge in [0, 0.05) is 0 Å². The molecule has 0 saturated carbocycles. The third-order valence-corrected chi connectivity index (χ3v) is 4.12. The molecule has 1 aromatic rings. The molecule has 0 aliphatic carbocycles. The molecule has 124 valence electrons. The lowest BCUT2D eigenvalue weighted by molar-refractivity contribution is -0.149. The second-order valence-electron chi connectivity index (χ2n) is 6.26. The smallest absolute Gasteiger partial charge is 0.308 e. The maximum Gasteiger partial charge on any atom is 0.308 e. The van der Waals surface area contributed by atoms with Crippen molar-refractivity contribution in [2.24, 2.45) is 5.92 Å². The number of benzene rings is 1. The van der Waals surface area contributed by atoms with Crippen LogP contribution in [0.2, 0.25) is 0 Å². The molecule has 1 atom stereocenters. The standard InChI is InChI=1S/C20H32O2/c1-3-4-5-6-7-8-9-11-14-18(2)20(21)22-17-19-15-12-10-13-16-19/h10,12-13,15-16,18H,3-9,11,14,17H2,1-2H3. The van der Waals surface area contributed by atoms with Gasteiger partial charge in [0.25, 0.3) is 0 Å². The molecule has 0 bridgehead atoms. The molecule has 1 rings (SSSR count). The molecule has 0 spiro atoms. The number of rotatable bonds is 12. The molecule has 0 radical (unpaired) electrons. The fourth-order valence-electron chi connectivity index (χ4n) is 2.57. The van der Waals surface area contributed by atoms with Crippen LogP contribution in [0.25, 0.3) is 0 Å². The molecular weight excluding hydrogens is 272 g/mol. The van der Waals surface area contributed by atoms with Gasteiger partial charge in [-0.25, -0.2) is 0 Å². The van der Waals surface area contributed by atoms with E-state index >= 15 is 0 Å². The first kappa shape index (κ1) is 18.7. The van der Waals surface area contributed by atoms with E-state index in [9.17, 15) is 4.79 Å². The van der Waals surface area contributed by atoms with Crippen molar-refractivity contribution in [1.29, 1.82) is 0 Å². The van der Waals surface area contributed by atoms with Crippen LogP contribution in [0.4, 0.5) is 0 Å². The zero-order chi connectivity index (χ0) is 16.0. The summed E-state index contributed by atoms with van der Waals surface area (Å²) in [7, 11) is 0. The van der Waals surface area contributed by atoms with Gasteiger partial charge in [-0.05, 0) is 12.0 Å². The SMILES string of the molecule is CCCCCCCCCCC(C)C(=O)OCc1ccccc1. The van der Waals surface area contributed by atoms with E-state index in [1.54, 1.807) is 0 Å². The number of carbonyl (C=O) groups is 1. The minimum atomic E-state index is -0.0631. The van der Waals surface area contributed by atoms with Crippen LogP contribution in [0, 0.1) is 5.92 Å². The van der Waals surface area contributed by atoms with Crippen LogP contribution in [-0.2, 0) is 16.1 Å². The van der Waals surface area contributed by atoms with Gasteiger partial charge in [-0.3, -0.25) is 4.79 Å². The second kappa shape index (κ2) is 12.3. The zero-order valence-electron chi connectivity index (χ0n) is 14.4. The summed E-state index contributed by atoms with van der Waals surface area (Å²) in [5.41, 5.74) is 1.05. The topological polar surface area (TPSA) is 26.3 Å². The molecule has 1 aromatic carbocycles. The predicted molar refractivity (Wildman–Crippen MR) is 92.6 cm³/mol. The minimum Gasteiger partial charge on any atom is -0.461 e. The van der Waals surface area contributed by atoms with Gasteiger partial charge in [0.15, 0.2) is 0 Å². The lowest BCUT2D eigenvalue weighted by Crippen LogP contribution is -2.14. The fourth-order valence-corrected chi connectivity index (χ4v) is 2.57. The third kappa shape index (κ3) is 8.86. The molecule has 1 unspecified atom stereocenters. The number of esters is 1. The maximum atomic E-state index is 11.9. The van der Waals surface area contributed by atoms with Gasteiger partial charge in [0.2, 0.25) is 0 Å². The quantitative estimate of drug-likeness (QED) is 0.355. The van der Waals surface area contributed by atoms with Gasteiger partial charge in [-0.2, -0.15) is 0 Å². The van der Waals surface area contributed by atoms with Crippen molar-refractivity contribution in [3.8, 4) is 0 Å². The summed E-state index contributed by atoms with van der Waals surface area (Å²) in [6.07, 6.45) is 11.4. The van der Waals surface area contributed by atoms with Crippen molar-refractivity contribution in [3.05, 3.63) is 35.9 Å². The zero-order valence-corrected chi connectivity index (χ0v) is 14.4. The number of hydrogen-bond acceptors (Lipinski definition) is 2. The molecule has 0 aliphatic heterocycles. The van der Waals surface area contributed by atoms with Crippen molar-refractivity contribution in [1.82, 2.24) is 0 Å². The van der Waals surface area contributed by atoms with Crippen LogP contribution < -0.4 is 0 Å². The van der Waals surface area contributed by atoms with E-state index in [0.29, 0.717) is 6.61 Å². The number of ether oxygens (including phenoxy) is 1. The summed E-state index contributed by atoms with van der Waals surface area (Å²) in [5, 5.41) is 0. The number of hydrogen-bond donors (Lipinski definition) is 0. The Morgan fingerprint density at radius 1 is 0.955 bits per heavy atom. The first-order chi connectivity index (χ1) is 10.7. The molecule has 0 aromatic heterocycles. The van der Waals surface area contributed by atoms with Crippen molar-refractivity contribution in [3.63, 3.8) is 0 Å². The summed E-state index contributed by atoms with van der Waals surface area (Å²) in [5.74, 6) is -0.0457. The molecule has 0 heterocycles. The Morgan fingerprint density at radius 3 is 2.18 bits per heavy atom.